The van der Waals surface area contributed by atoms with Crippen LogP contribution in [0.4, 0.5) is 0 Å². The first-order chi connectivity index (χ1) is 9.26. The Labute approximate surface area is 121 Å². The lowest BCUT2D eigenvalue weighted by atomic mass is 9.85. The molecule has 5 heteroatoms. The van der Waals surface area contributed by atoms with Gasteiger partial charge in [0.05, 0.1) is 11.5 Å². The number of aliphatic hydroxyl groups excluding tert-OH is 1. The first kappa shape index (κ1) is 15.5. The summed E-state index contributed by atoms with van der Waals surface area (Å²) in [7, 11) is -3.47. The van der Waals surface area contributed by atoms with E-state index in [2.05, 4.69) is 13.8 Å². The molecule has 4 nitrogen and oxygen atoms in total. The van der Waals surface area contributed by atoms with Gasteiger partial charge in [0.25, 0.3) is 0 Å². The van der Waals surface area contributed by atoms with Gasteiger partial charge in [0.1, 0.15) is 0 Å². The predicted octanol–water partition coefficient (Wildman–Crippen LogP) is 2.30. The molecule has 1 aliphatic rings. The van der Waals surface area contributed by atoms with Crippen molar-refractivity contribution >= 4 is 10.0 Å². The van der Waals surface area contributed by atoms with E-state index in [0.717, 1.165) is 18.4 Å². The molecule has 0 saturated carbocycles. The van der Waals surface area contributed by atoms with Crippen LogP contribution in [-0.2, 0) is 16.6 Å². The van der Waals surface area contributed by atoms with Crippen LogP contribution in [0.1, 0.15) is 37.8 Å². The fraction of sp³-hybridized carbons (Fsp3) is 0.600. The maximum absolute atomic E-state index is 12.8. The van der Waals surface area contributed by atoms with Crippen molar-refractivity contribution in [2.45, 2.75) is 45.1 Å². The summed E-state index contributed by atoms with van der Waals surface area (Å²) in [6.07, 6.45) is 1.94. The Hall–Kier alpha value is -0.910. The van der Waals surface area contributed by atoms with Gasteiger partial charge in [0.2, 0.25) is 10.0 Å². The largest absolute Gasteiger partial charge is 0.392 e. The lowest BCUT2D eigenvalue weighted by Gasteiger charge is -2.37. The normalized spacial score (nSPS) is 20.0. The Bertz CT molecular complexity index is 593. The molecule has 1 aromatic rings. The number of hydrogen-bond acceptors (Lipinski definition) is 3. The maximum Gasteiger partial charge on any atom is 0.243 e. The number of hydrogen-bond donors (Lipinski definition) is 1. The molecule has 0 radical (unpaired) electrons. The van der Waals surface area contributed by atoms with Crippen molar-refractivity contribution in [3.63, 3.8) is 0 Å². The van der Waals surface area contributed by atoms with Crippen molar-refractivity contribution in [1.29, 1.82) is 0 Å². The van der Waals surface area contributed by atoms with Gasteiger partial charge in [-0.2, -0.15) is 4.31 Å². The van der Waals surface area contributed by atoms with Crippen LogP contribution in [0.15, 0.2) is 23.1 Å². The second-order valence-corrected chi connectivity index (χ2v) is 8.27. The van der Waals surface area contributed by atoms with Gasteiger partial charge in [0.15, 0.2) is 0 Å². The molecule has 1 fully saturated rings. The van der Waals surface area contributed by atoms with E-state index in [0.29, 0.717) is 23.5 Å². The highest BCUT2D eigenvalue weighted by molar-refractivity contribution is 7.89. The lowest BCUT2D eigenvalue weighted by Crippen LogP contribution is -2.43. The molecule has 112 valence electrons. The SMILES string of the molecule is Cc1ccc(CO)cc1S(=O)(=O)N1CCCC(C)(C)C1. The number of rotatable bonds is 3. The molecular formula is C15H23NO3S. The van der Waals surface area contributed by atoms with Gasteiger partial charge in [-0.1, -0.05) is 26.0 Å². The van der Waals surface area contributed by atoms with Crippen molar-refractivity contribution < 1.29 is 13.5 Å². The van der Waals surface area contributed by atoms with Crippen molar-refractivity contribution in [1.82, 2.24) is 4.31 Å². The van der Waals surface area contributed by atoms with Crippen LogP contribution in [0.3, 0.4) is 0 Å². The predicted molar refractivity (Wildman–Crippen MR) is 78.9 cm³/mol. The molecule has 0 aromatic heterocycles. The number of benzene rings is 1. The highest BCUT2D eigenvalue weighted by atomic mass is 32.2. The van der Waals surface area contributed by atoms with Crippen LogP contribution in [-0.4, -0.2) is 30.9 Å². The van der Waals surface area contributed by atoms with Gasteiger partial charge < -0.3 is 5.11 Å². The van der Waals surface area contributed by atoms with Gasteiger partial charge in [0, 0.05) is 13.1 Å². The fourth-order valence-corrected chi connectivity index (χ4v) is 4.68. The summed E-state index contributed by atoms with van der Waals surface area (Å²) in [5.74, 6) is 0. The van der Waals surface area contributed by atoms with E-state index in [1.807, 2.05) is 0 Å². The lowest BCUT2D eigenvalue weighted by molar-refractivity contribution is 0.187. The molecule has 0 amide bonds. The zero-order valence-electron chi connectivity index (χ0n) is 12.4. The van der Waals surface area contributed by atoms with E-state index in [9.17, 15) is 13.5 Å². The molecule has 1 saturated heterocycles. The van der Waals surface area contributed by atoms with Crippen LogP contribution in [0.25, 0.3) is 0 Å². The number of piperidine rings is 1. The minimum absolute atomic E-state index is 0.0216. The molecule has 0 bridgehead atoms. The molecule has 20 heavy (non-hydrogen) atoms. The van der Waals surface area contributed by atoms with E-state index < -0.39 is 10.0 Å². The molecular weight excluding hydrogens is 274 g/mol. The molecule has 0 aliphatic carbocycles. The maximum atomic E-state index is 12.8. The standard InChI is InChI=1S/C15H23NO3S/c1-12-5-6-13(10-17)9-14(12)20(18,19)16-8-4-7-15(2,3)11-16/h5-6,9,17H,4,7-8,10-11H2,1-3H3. The topological polar surface area (TPSA) is 57.6 Å². The summed E-state index contributed by atoms with van der Waals surface area (Å²) in [6.45, 7) is 6.99. The highest BCUT2D eigenvalue weighted by Crippen LogP contribution is 2.32. The van der Waals surface area contributed by atoms with Crippen molar-refractivity contribution in [3.8, 4) is 0 Å². The van der Waals surface area contributed by atoms with Crippen LogP contribution in [0.2, 0.25) is 0 Å². The Morgan fingerprint density at radius 2 is 2.05 bits per heavy atom. The molecule has 0 spiro atoms. The third kappa shape index (κ3) is 3.05. The van der Waals surface area contributed by atoms with Gasteiger partial charge in [-0.3, -0.25) is 0 Å². The van der Waals surface area contributed by atoms with E-state index in [1.54, 1.807) is 29.4 Å². The Balaban J connectivity index is 2.40. The molecule has 1 heterocycles. The zero-order chi connectivity index (χ0) is 15.0. The van der Waals surface area contributed by atoms with Crippen LogP contribution >= 0.6 is 0 Å². The zero-order valence-corrected chi connectivity index (χ0v) is 13.2. The Morgan fingerprint density at radius 3 is 2.65 bits per heavy atom. The van der Waals surface area contributed by atoms with E-state index in [1.165, 1.54) is 0 Å². The monoisotopic (exact) mass is 297 g/mol. The quantitative estimate of drug-likeness (QED) is 0.931. The smallest absolute Gasteiger partial charge is 0.243 e. The third-order valence-corrected chi connectivity index (χ3v) is 5.91. The number of aryl methyl sites for hydroxylation is 1. The second kappa shape index (κ2) is 5.47. The Morgan fingerprint density at radius 1 is 1.35 bits per heavy atom. The van der Waals surface area contributed by atoms with E-state index >= 15 is 0 Å². The molecule has 2 rings (SSSR count). The molecule has 0 unspecified atom stereocenters. The average molecular weight is 297 g/mol. The van der Waals surface area contributed by atoms with Gasteiger partial charge in [-0.15, -0.1) is 0 Å². The summed E-state index contributed by atoms with van der Waals surface area (Å²) in [5.41, 5.74) is 1.38. The van der Waals surface area contributed by atoms with Crippen LogP contribution in [0, 0.1) is 12.3 Å². The van der Waals surface area contributed by atoms with Gasteiger partial charge in [-0.25, -0.2) is 8.42 Å². The summed E-state index contributed by atoms with van der Waals surface area (Å²) in [5, 5.41) is 9.20. The summed E-state index contributed by atoms with van der Waals surface area (Å²) in [4.78, 5) is 0.321. The summed E-state index contributed by atoms with van der Waals surface area (Å²) in [6, 6.07) is 5.11. The molecule has 1 aliphatic heterocycles. The van der Waals surface area contributed by atoms with Gasteiger partial charge >= 0.3 is 0 Å². The van der Waals surface area contributed by atoms with Crippen LogP contribution in [0.5, 0.6) is 0 Å². The summed E-state index contributed by atoms with van der Waals surface area (Å²) < 4.78 is 27.2. The third-order valence-electron chi connectivity index (χ3n) is 3.92. The minimum Gasteiger partial charge on any atom is -0.392 e. The highest BCUT2D eigenvalue weighted by Gasteiger charge is 2.34. The first-order valence-corrected chi connectivity index (χ1v) is 8.41. The van der Waals surface area contributed by atoms with Gasteiger partial charge in [-0.05, 0) is 42.4 Å². The second-order valence-electron chi connectivity index (χ2n) is 6.36. The molecule has 1 N–H and O–H groups in total. The van der Waals surface area contributed by atoms with E-state index in [4.69, 9.17) is 0 Å². The number of aliphatic hydroxyl groups is 1. The fourth-order valence-electron chi connectivity index (χ4n) is 2.73. The minimum atomic E-state index is -3.47. The van der Waals surface area contributed by atoms with Crippen molar-refractivity contribution in [3.05, 3.63) is 29.3 Å². The van der Waals surface area contributed by atoms with Crippen LogP contribution < -0.4 is 0 Å². The van der Waals surface area contributed by atoms with Crippen molar-refractivity contribution in [2.75, 3.05) is 13.1 Å². The average Bonchev–Trinajstić information content (AvgIpc) is 2.38. The first-order valence-electron chi connectivity index (χ1n) is 6.97. The Kier molecular flexibility index (Phi) is 4.23. The number of sulfonamides is 1. The summed E-state index contributed by atoms with van der Waals surface area (Å²) >= 11 is 0. The number of nitrogens with zero attached hydrogens (tertiary/aromatic N) is 1. The molecule has 0 atom stereocenters. The van der Waals surface area contributed by atoms with E-state index in [-0.39, 0.29) is 12.0 Å². The van der Waals surface area contributed by atoms with Crippen molar-refractivity contribution in [2.24, 2.45) is 5.41 Å². The molecule has 1 aromatic carbocycles.